The number of hydrogen-bond donors (Lipinski definition) is 7. The van der Waals surface area contributed by atoms with Crippen LogP contribution in [0.4, 0.5) is 0 Å². The van der Waals surface area contributed by atoms with E-state index >= 15 is 0 Å². The number of para-hydroxylation sites is 2. The average molecular weight is 685 g/mol. The van der Waals surface area contributed by atoms with Crippen molar-refractivity contribution < 1.29 is 24.3 Å². The number of carbonyl (C=O) groups is 4. The fourth-order valence-corrected chi connectivity index (χ4v) is 5.99. The number of fused-ring (bicyclic) bond motifs is 2. The fraction of sp³-hybridized carbons (Fsp3) is 0.200. The first-order valence-corrected chi connectivity index (χ1v) is 16.9. The van der Waals surface area contributed by atoms with Crippen molar-refractivity contribution in [1.82, 2.24) is 31.2 Å². The zero-order valence-electron chi connectivity index (χ0n) is 27.9. The van der Waals surface area contributed by atoms with Gasteiger partial charge in [-0.25, -0.2) is 0 Å². The molecule has 0 fully saturated rings. The van der Waals surface area contributed by atoms with Gasteiger partial charge in [0.25, 0.3) is 11.8 Å². The molecule has 7 N–H and O–H groups in total. The van der Waals surface area contributed by atoms with Crippen LogP contribution in [-0.2, 0) is 22.4 Å². The molecule has 2 heterocycles. The second-order valence-corrected chi connectivity index (χ2v) is 12.4. The Bertz CT molecular complexity index is 2040. The Morgan fingerprint density at radius 1 is 0.569 bits per heavy atom. The van der Waals surface area contributed by atoms with Crippen LogP contribution >= 0.6 is 0 Å². The predicted molar refractivity (Wildman–Crippen MR) is 196 cm³/mol. The van der Waals surface area contributed by atoms with E-state index in [0.717, 1.165) is 32.9 Å². The Morgan fingerprint density at radius 3 is 1.49 bits per heavy atom. The summed E-state index contributed by atoms with van der Waals surface area (Å²) in [4.78, 5) is 59.8. The second-order valence-electron chi connectivity index (χ2n) is 12.4. The summed E-state index contributed by atoms with van der Waals surface area (Å²) in [6.07, 6.45) is 0.691. The largest absolute Gasteiger partial charge is 0.394 e. The molecule has 51 heavy (non-hydrogen) atoms. The van der Waals surface area contributed by atoms with Crippen LogP contribution < -0.4 is 21.3 Å². The van der Waals surface area contributed by atoms with Gasteiger partial charge in [0.05, 0.1) is 12.6 Å². The molecule has 0 bridgehead atoms. The Morgan fingerprint density at radius 2 is 1.02 bits per heavy atom. The maximum absolute atomic E-state index is 13.6. The summed E-state index contributed by atoms with van der Waals surface area (Å²) in [5, 5.41) is 23.3. The number of aromatic nitrogens is 2. The van der Waals surface area contributed by atoms with Gasteiger partial charge in [-0.2, -0.15) is 0 Å². The van der Waals surface area contributed by atoms with E-state index in [9.17, 15) is 24.3 Å². The first-order valence-electron chi connectivity index (χ1n) is 16.9. The highest BCUT2D eigenvalue weighted by atomic mass is 16.3. The number of aliphatic hydroxyl groups excluding tert-OH is 1. The van der Waals surface area contributed by atoms with Gasteiger partial charge in [0, 0.05) is 41.2 Å². The summed E-state index contributed by atoms with van der Waals surface area (Å²) in [6.45, 7) is -0.275. The Balaban J connectivity index is 1.08. The van der Waals surface area contributed by atoms with Crippen LogP contribution in [0.3, 0.4) is 0 Å². The van der Waals surface area contributed by atoms with Crippen LogP contribution in [-0.4, -0.2) is 70.0 Å². The first-order chi connectivity index (χ1) is 24.9. The summed E-state index contributed by atoms with van der Waals surface area (Å²) in [7, 11) is 0. The summed E-state index contributed by atoms with van der Waals surface area (Å²) in [5.74, 6) is -1.73. The topological polar surface area (TPSA) is 168 Å². The molecule has 11 nitrogen and oxygen atoms in total. The molecule has 0 aliphatic rings. The van der Waals surface area contributed by atoms with Gasteiger partial charge in [0.2, 0.25) is 11.8 Å². The van der Waals surface area contributed by atoms with Gasteiger partial charge >= 0.3 is 0 Å². The molecule has 0 aliphatic carbocycles. The van der Waals surface area contributed by atoms with Crippen molar-refractivity contribution in [3.05, 3.63) is 144 Å². The number of nitrogens with one attached hydrogen (secondary N) is 6. The van der Waals surface area contributed by atoms with Crippen LogP contribution in [0.2, 0.25) is 0 Å². The Hall–Kier alpha value is -6.20. The molecule has 4 amide bonds. The molecule has 6 aromatic rings. The summed E-state index contributed by atoms with van der Waals surface area (Å²) >= 11 is 0. The first kappa shape index (κ1) is 34.7. The number of aromatic amines is 2. The van der Waals surface area contributed by atoms with Gasteiger partial charge in [-0.1, -0.05) is 97.1 Å². The van der Waals surface area contributed by atoms with E-state index in [-0.39, 0.29) is 32.4 Å². The molecule has 0 saturated heterocycles. The van der Waals surface area contributed by atoms with Crippen molar-refractivity contribution in [1.29, 1.82) is 0 Å². The molecule has 6 rings (SSSR count). The third-order valence-electron chi connectivity index (χ3n) is 8.72. The van der Waals surface area contributed by atoms with E-state index in [2.05, 4.69) is 31.2 Å². The number of hydrogen-bond acceptors (Lipinski definition) is 5. The maximum atomic E-state index is 13.6. The highest BCUT2D eigenvalue weighted by Gasteiger charge is 2.26. The van der Waals surface area contributed by atoms with Gasteiger partial charge in [-0.15, -0.1) is 0 Å². The molecule has 0 aliphatic heterocycles. The van der Waals surface area contributed by atoms with Crippen molar-refractivity contribution in [2.24, 2.45) is 0 Å². The molecule has 0 spiro atoms. The van der Waals surface area contributed by atoms with E-state index in [1.54, 1.807) is 12.1 Å². The normalized spacial score (nSPS) is 12.9. The predicted octanol–water partition coefficient (Wildman–Crippen LogP) is 4.02. The van der Waals surface area contributed by atoms with Crippen LogP contribution in [0.15, 0.2) is 121 Å². The van der Waals surface area contributed by atoms with Crippen molar-refractivity contribution in [3.8, 4) is 0 Å². The standard InChI is InChI=1S/C40H40N6O5/c47-25-30(42-38(49)34(22-27-13-5-2-6-14-27)46-40(51)36-24-29-16-8-10-18-32(29)44-36)19-20-41-37(48)33(21-26-11-3-1-4-12-26)45-39(50)35-23-28-15-7-9-17-31(28)43-35/h1-18,23-24,30,33-34,43-44,47H,19-22,25H2,(H,41,48)(H,42,49)(H,45,50)(H,46,51)/t30-,33-,34-/m0/s1. The number of H-pyrrole nitrogens is 2. The molecule has 3 atom stereocenters. The minimum Gasteiger partial charge on any atom is -0.394 e. The van der Waals surface area contributed by atoms with Gasteiger partial charge in [-0.05, 0) is 41.8 Å². The number of amides is 4. The third kappa shape index (κ3) is 9.08. The molecular formula is C40H40N6O5. The lowest BCUT2D eigenvalue weighted by molar-refractivity contribution is -0.124. The monoisotopic (exact) mass is 684 g/mol. The Labute approximate surface area is 294 Å². The van der Waals surface area contributed by atoms with Crippen molar-refractivity contribution in [2.45, 2.75) is 37.4 Å². The van der Waals surface area contributed by atoms with E-state index < -0.39 is 41.8 Å². The second kappa shape index (κ2) is 16.5. The zero-order valence-corrected chi connectivity index (χ0v) is 27.9. The van der Waals surface area contributed by atoms with E-state index in [4.69, 9.17) is 0 Å². The van der Waals surface area contributed by atoms with E-state index in [0.29, 0.717) is 11.4 Å². The highest BCUT2D eigenvalue weighted by Crippen LogP contribution is 2.16. The lowest BCUT2D eigenvalue weighted by atomic mass is 10.0. The molecule has 4 aromatic carbocycles. The molecule has 0 unspecified atom stereocenters. The highest BCUT2D eigenvalue weighted by molar-refractivity contribution is 6.01. The number of rotatable bonds is 15. The van der Waals surface area contributed by atoms with Gasteiger partial charge in [0.15, 0.2) is 0 Å². The van der Waals surface area contributed by atoms with Crippen molar-refractivity contribution in [3.63, 3.8) is 0 Å². The number of benzene rings is 4. The zero-order chi connectivity index (χ0) is 35.6. The summed E-state index contributed by atoms with van der Waals surface area (Å²) < 4.78 is 0. The quantitative estimate of drug-likeness (QED) is 0.0866. The van der Waals surface area contributed by atoms with Crippen molar-refractivity contribution in [2.75, 3.05) is 13.2 Å². The molecule has 260 valence electrons. The van der Waals surface area contributed by atoms with Gasteiger partial charge in [0.1, 0.15) is 23.5 Å². The summed E-state index contributed by atoms with van der Waals surface area (Å²) in [5.41, 5.74) is 4.00. The lowest BCUT2D eigenvalue weighted by Crippen LogP contribution is -2.52. The van der Waals surface area contributed by atoms with E-state index in [1.165, 1.54) is 0 Å². The Kier molecular flexibility index (Phi) is 11.2. The van der Waals surface area contributed by atoms with Crippen LogP contribution in [0.1, 0.15) is 38.5 Å². The van der Waals surface area contributed by atoms with E-state index in [1.807, 2.05) is 109 Å². The smallest absolute Gasteiger partial charge is 0.268 e. The third-order valence-corrected chi connectivity index (χ3v) is 8.72. The minimum absolute atomic E-state index is 0.114. The lowest BCUT2D eigenvalue weighted by Gasteiger charge is -2.23. The number of carbonyl (C=O) groups excluding carboxylic acids is 4. The van der Waals surface area contributed by atoms with Crippen LogP contribution in [0.25, 0.3) is 21.8 Å². The average Bonchev–Trinajstić information content (AvgIpc) is 3.80. The minimum atomic E-state index is -0.940. The van der Waals surface area contributed by atoms with Crippen molar-refractivity contribution >= 4 is 45.4 Å². The molecule has 11 heteroatoms. The molecule has 0 radical (unpaired) electrons. The van der Waals surface area contributed by atoms with Gasteiger partial charge in [-0.3, -0.25) is 19.2 Å². The summed E-state index contributed by atoms with van der Waals surface area (Å²) in [6, 6.07) is 34.7. The van der Waals surface area contributed by atoms with Crippen LogP contribution in [0, 0.1) is 0 Å². The molecule has 0 saturated carbocycles. The molecule has 2 aromatic heterocycles. The van der Waals surface area contributed by atoms with Crippen LogP contribution in [0.5, 0.6) is 0 Å². The number of aliphatic hydroxyl groups is 1. The van der Waals surface area contributed by atoms with Gasteiger partial charge < -0.3 is 36.3 Å². The SMILES string of the molecule is O=C(N[C@@H](Cc1ccccc1)C(=O)NCC[C@@H](CO)NC(=O)[C@H](Cc1ccccc1)NC(=O)c1cc2ccccc2[nH]1)c1cc2ccccc2[nH]1. The molecular weight excluding hydrogens is 644 g/mol. The fourth-order valence-electron chi connectivity index (χ4n) is 5.99. The maximum Gasteiger partial charge on any atom is 0.268 e.